The van der Waals surface area contributed by atoms with Crippen LogP contribution >= 0.6 is 0 Å². The number of likely N-dealkylation sites (tertiary alicyclic amines) is 1. The molecule has 2 rings (SSSR count). The van der Waals surface area contributed by atoms with Crippen molar-refractivity contribution in [2.75, 3.05) is 13.1 Å². The van der Waals surface area contributed by atoms with Gasteiger partial charge in [0.15, 0.2) is 0 Å². The molecule has 0 aromatic rings. The summed E-state index contributed by atoms with van der Waals surface area (Å²) in [5, 5.41) is 9.20. The van der Waals surface area contributed by atoms with E-state index in [1.54, 1.807) is 0 Å². The second-order valence-corrected chi connectivity index (χ2v) is 6.16. The quantitative estimate of drug-likeness (QED) is 0.787. The average Bonchev–Trinajstić information content (AvgIpc) is 2.97. The minimum atomic E-state index is -1.03. The van der Waals surface area contributed by atoms with Gasteiger partial charge in [0.1, 0.15) is 0 Å². The van der Waals surface area contributed by atoms with Gasteiger partial charge >= 0.3 is 5.97 Å². The van der Waals surface area contributed by atoms with Crippen molar-refractivity contribution in [1.82, 2.24) is 4.90 Å². The first-order valence-corrected chi connectivity index (χ1v) is 7.80. The zero-order valence-electron chi connectivity index (χ0n) is 12.1. The molecule has 1 heterocycles. The number of amides is 1. The van der Waals surface area contributed by atoms with Crippen LogP contribution in [0.4, 0.5) is 0 Å². The molecule has 0 bridgehead atoms. The highest BCUT2D eigenvalue weighted by Crippen LogP contribution is 2.33. The summed E-state index contributed by atoms with van der Waals surface area (Å²) in [5.41, 5.74) is 0.0764. The Balaban J connectivity index is 2.05. The standard InChI is InChI=1S/C16H25NO3/c1-12(16(19)20)14(11-13-7-3-4-8-13)15(18)17-9-5-2-6-10-17/h13-14H,1-11H2,(H,19,20). The van der Waals surface area contributed by atoms with Gasteiger partial charge in [0.05, 0.1) is 5.92 Å². The van der Waals surface area contributed by atoms with E-state index in [0.29, 0.717) is 12.3 Å². The molecule has 1 atom stereocenters. The van der Waals surface area contributed by atoms with E-state index < -0.39 is 11.9 Å². The minimum absolute atomic E-state index is 0.0102. The van der Waals surface area contributed by atoms with Gasteiger partial charge in [0.25, 0.3) is 0 Å². The van der Waals surface area contributed by atoms with Crippen LogP contribution in [0.1, 0.15) is 51.4 Å². The van der Waals surface area contributed by atoms with Gasteiger partial charge in [0.2, 0.25) is 5.91 Å². The summed E-state index contributed by atoms with van der Waals surface area (Å²) in [6.45, 7) is 5.21. The lowest BCUT2D eigenvalue weighted by atomic mass is 9.86. The highest BCUT2D eigenvalue weighted by Gasteiger charge is 2.33. The van der Waals surface area contributed by atoms with E-state index in [1.807, 2.05) is 4.90 Å². The van der Waals surface area contributed by atoms with Crippen LogP contribution in [0.15, 0.2) is 12.2 Å². The van der Waals surface area contributed by atoms with E-state index in [-0.39, 0.29) is 11.5 Å². The normalized spacial score (nSPS) is 21.7. The van der Waals surface area contributed by atoms with Crippen LogP contribution in [-0.2, 0) is 9.59 Å². The molecular formula is C16H25NO3. The molecule has 1 saturated carbocycles. The number of carbonyl (C=O) groups is 2. The van der Waals surface area contributed by atoms with Crippen LogP contribution in [-0.4, -0.2) is 35.0 Å². The van der Waals surface area contributed by atoms with E-state index >= 15 is 0 Å². The summed E-state index contributed by atoms with van der Waals surface area (Å²) in [4.78, 5) is 25.7. The van der Waals surface area contributed by atoms with E-state index in [2.05, 4.69) is 6.58 Å². The molecule has 1 aliphatic carbocycles. The summed E-state index contributed by atoms with van der Waals surface area (Å²) in [6.07, 6.45) is 8.54. The van der Waals surface area contributed by atoms with Gasteiger partial charge in [-0.1, -0.05) is 32.3 Å². The van der Waals surface area contributed by atoms with Gasteiger partial charge in [-0.2, -0.15) is 0 Å². The lowest BCUT2D eigenvalue weighted by molar-refractivity contribution is -0.140. The zero-order chi connectivity index (χ0) is 14.5. The lowest BCUT2D eigenvalue weighted by Crippen LogP contribution is -2.41. The smallest absolute Gasteiger partial charge is 0.331 e. The summed E-state index contributed by atoms with van der Waals surface area (Å²) < 4.78 is 0. The molecule has 2 aliphatic rings. The van der Waals surface area contributed by atoms with Crippen molar-refractivity contribution in [3.05, 3.63) is 12.2 Å². The number of nitrogens with zero attached hydrogens (tertiary/aromatic N) is 1. The molecule has 4 nitrogen and oxygen atoms in total. The monoisotopic (exact) mass is 279 g/mol. The predicted octanol–water partition coefficient (Wildman–Crippen LogP) is 2.84. The molecule has 112 valence electrons. The Labute approximate surface area is 120 Å². The number of carbonyl (C=O) groups excluding carboxylic acids is 1. The van der Waals surface area contributed by atoms with Crippen LogP contribution in [0, 0.1) is 11.8 Å². The SMILES string of the molecule is C=C(C(=O)O)C(CC1CCCC1)C(=O)N1CCCCC1. The molecule has 0 spiro atoms. The lowest BCUT2D eigenvalue weighted by Gasteiger charge is -2.31. The summed E-state index contributed by atoms with van der Waals surface area (Å²) in [6, 6.07) is 0. The molecule has 1 N–H and O–H groups in total. The Morgan fingerprint density at radius 2 is 1.70 bits per heavy atom. The molecule has 0 aromatic heterocycles. The Morgan fingerprint density at radius 1 is 1.10 bits per heavy atom. The van der Waals surface area contributed by atoms with Crippen LogP contribution in [0.5, 0.6) is 0 Å². The second-order valence-electron chi connectivity index (χ2n) is 6.16. The Hall–Kier alpha value is -1.32. The molecule has 1 unspecified atom stereocenters. The first-order valence-electron chi connectivity index (χ1n) is 7.80. The average molecular weight is 279 g/mol. The van der Waals surface area contributed by atoms with Crippen molar-refractivity contribution in [2.24, 2.45) is 11.8 Å². The van der Waals surface area contributed by atoms with Crippen molar-refractivity contribution >= 4 is 11.9 Å². The number of hydrogen-bond donors (Lipinski definition) is 1. The van der Waals surface area contributed by atoms with E-state index in [1.165, 1.54) is 12.8 Å². The fourth-order valence-electron chi connectivity index (χ4n) is 3.46. The van der Waals surface area contributed by atoms with Crippen molar-refractivity contribution in [3.63, 3.8) is 0 Å². The van der Waals surface area contributed by atoms with Gasteiger partial charge in [0, 0.05) is 18.7 Å². The number of rotatable bonds is 5. The molecule has 2 fully saturated rings. The van der Waals surface area contributed by atoms with Gasteiger partial charge in [-0.15, -0.1) is 0 Å². The Bertz CT molecular complexity index is 379. The van der Waals surface area contributed by atoms with E-state index in [9.17, 15) is 14.7 Å². The van der Waals surface area contributed by atoms with Crippen molar-refractivity contribution in [2.45, 2.75) is 51.4 Å². The topological polar surface area (TPSA) is 57.6 Å². The molecule has 1 saturated heterocycles. The van der Waals surface area contributed by atoms with Crippen LogP contribution in [0.3, 0.4) is 0 Å². The van der Waals surface area contributed by atoms with Gasteiger partial charge in [-0.3, -0.25) is 4.79 Å². The van der Waals surface area contributed by atoms with Crippen molar-refractivity contribution < 1.29 is 14.7 Å². The van der Waals surface area contributed by atoms with Crippen LogP contribution < -0.4 is 0 Å². The second kappa shape index (κ2) is 6.91. The van der Waals surface area contributed by atoms with E-state index in [0.717, 1.165) is 45.2 Å². The number of piperidine rings is 1. The maximum atomic E-state index is 12.6. The molecule has 20 heavy (non-hydrogen) atoms. The van der Waals surface area contributed by atoms with Gasteiger partial charge < -0.3 is 10.0 Å². The number of hydrogen-bond acceptors (Lipinski definition) is 2. The van der Waals surface area contributed by atoms with Gasteiger partial charge in [-0.05, 0) is 31.6 Å². The molecular weight excluding hydrogens is 254 g/mol. The third-order valence-corrected chi connectivity index (χ3v) is 4.70. The summed E-state index contributed by atoms with van der Waals surface area (Å²) >= 11 is 0. The van der Waals surface area contributed by atoms with Crippen molar-refractivity contribution in [3.8, 4) is 0 Å². The van der Waals surface area contributed by atoms with Crippen LogP contribution in [0.25, 0.3) is 0 Å². The Kier molecular flexibility index (Phi) is 5.21. The number of aliphatic carboxylic acids is 1. The zero-order valence-corrected chi connectivity index (χ0v) is 12.1. The highest BCUT2D eigenvalue weighted by atomic mass is 16.4. The fourth-order valence-corrected chi connectivity index (χ4v) is 3.46. The molecule has 0 radical (unpaired) electrons. The maximum Gasteiger partial charge on any atom is 0.331 e. The largest absolute Gasteiger partial charge is 0.478 e. The van der Waals surface area contributed by atoms with Crippen LogP contribution in [0.2, 0.25) is 0 Å². The van der Waals surface area contributed by atoms with Gasteiger partial charge in [-0.25, -0.2) is 4.79 Å². The molecule has 0 aromatic carbocycles. The number of carboxylic acid groups (broad SMARTS) is 1. The Morgan fingerprint density at radius 3 is 2.25 bits per heavy atom. The third-order valence-electron chi connectivity index (χ3n) is 4.70. The first kappa shape index (κ1) is 15.1. The molecule has 1 amide bonds. The minimum Gasteiger partial charge on any atom is -0.478 e. The molecule has 4 heteroatoms. The summed E-state index contributed by atoms with van der Waals surface area (Å²) in [7, 11) is 0. The third kappa shape index (κ3) is 3.62. The molecule has 1 aliphatic heterocycles. The fraction of sp³-hybridized carbons (Fsp3) is 0.750. The maximum absolute atomic E-state index is 12.6. The van der Waals surface area contributed by atoms with E-state index in [4.69, 9.17) is 0 Å². The number of carboxylic acids is 1. The summed E-state index contributed by atoms with van der Waals surface area (Å²) in [5.74, 6) is -1.07. The van der Waals surface area contributed by atoms with Crippen molar-refractivity contribution in [1.29, 1.82) is 0 Å². The first-order chi connectivity index (χ1) is 9.59. The predicted molar refractivity (Wildman–Crippen MR) is 77.3 cm³/mol. The highest BCUT2D eigenvalue weighted by molar-refractivity contribution is 5.95.